The standard InChI is InChI=1S/C17H22N2O2/c1-12-11-18(2)9-4-10-19(12)17(21)15-6-3-5-14-13(15)7-8-16(14)20/h3,5-6,12H,4,7-11H2,1-2H3. The molecule has 1 amide bonds. The molecular weight excluding hydrogens is 264 g/mol. The van der Waals surface area contributed by atoms with E-state index in [-0.39, 0.29) is 17.7 Å². The van der Waals surface area contributed by atoms with Gasteiger partial charge in [-0.3, -0.25) is 9.59 Å². The van der Waals surface area contributed by atoms with Gasteiger partial charge in [-0.25, -0.2) is 0 Å². The summed E-state index contributed by atoms with van der Waals surface area (Å²) in [7, 11) is 2.10. The highest BCUT2D eigenvalue weighted by Gasteiger charge is 2.29. The van der Waals surface area contributed by atoms with Crippen LogP contribution in [0.15, 0.2) is 18.2 Å². The molecule has 21 heavy (non-hydrogen) atoms. The number of fused-ring (bicyclic) bond motifs is 1. The van der Waals surface area contributed by atoms with E-state index in [1.54, 1.807) is 0 Å². The van der Waals surface area contributed by atoms with Crippen molar-refractivity contribution in [1.29, 1.82) is 0 Å². The summed E-state index contributed by atoms with van der Waals surface area (Å²) >= 11 is 0. The van der Waals surface area contributed by atoms with Crippen LogP contribution < -0.4 is 0 Å². The number of Topliss-reactive ketones (excluding diaryl/α,β-unsaturated/α-hetero) is 1. The van der Waals surface area contributed by atoms with Crippen LogP contribution in [-0.2, 0) is 6.42 Å². The van der Waals surface area contributed by atoms with E-state index in [0.717, 1.165) is 42.7 Å². The molecule has 1 fully saturated rings. The smallest absolute Gasteiger partial charge is 0.254 e. The Kier molecular flexibility index (Phi) is 3.81. The number of hydrogen-bond acceptors (Lipinski definition) is 3. The van der Waals surface area contributed by atoms with Crippen molar-refractivity contribution in [3.05, 3.63) is 34.9 Å². The molecule has 4 nitrogen and oxygen atoms in total. The molecule has 1 atom stereocenters. The topological polar surface area (TPSA) is 40.6 Å². The van der Waals surface area contributed by atoms with Gasteiger partial charge in [0.2, 0.25) is 0 Å². The molecule has 0 radical (unpaired) electrons. The summed E-state index contributed by atoms with van der Waals surface area (Å²) in [5.41, 5.74) is 2.44. The zero-order valence-electron chi connectivity index (χ0n) is 12.8. The number of nitrogens with zero attached hydrogens (tertiary/aromatic N) is 2. The SMILES string of the molecule is CC1CN(C)CCCN1C(=O)c1cccc2c1CCC2=O. The van der Waals surface area contributed by atoms with E-state index in [4.69, 9.17) is 0 Å². The third-order valence-electron chi connectivity index (χ3n) is 4.62. The van der Waals surface area contributed by atoms with Crippen molar-refractivity contribution >= 4 is 11.7 Å². The predicted molar refractivity (Wildman–Crippen MR) is 81.7 cm³/mol. The zero-order valence-corrected chi connectivity index (χ0v) is 12.8. The second-order valence-corrected chi connectivity index (χ2v) is 6.22. The van der Waals surface area contributed by atoms with Crippen molar-refractivity contribution in [1.82, 2.24) is 9.80 Å². The third-order valence-corrected chi connectivity index (χ3v) is 4.62. The molecule has 3 rings (SSSR count). The second kappa shape index (κ2) is 5.60. The van der Waals surface area contributed by atoms with Crippen molar-refractivity contribution in [2.24, 2.45) is 0 Å². The number of rotatable bonds is 1. The van der Waals surface area contributed by atoms with Crippen LogP contribution in [0.2, 0.25) is 0 Å². The van der Waals surface area contributed by atoms with Crippen LogP contribution in [0.5, 0.6) is 0 Å². The maximum atomic E-state index is 12.9. The number of likely N-dealkylation sites (N-methyl/N-ethyl adjacent to an activating group) is 1. The Bertz CT molecular complexity index is 582. The molecule has 4 heteroatoms. The van der Waals surface area contributed by atoms with Crippen molar-refractivity contribution < 1.29 is 9.59 Å². The van der Waals surface area contributed by atoms with Gasteiger partial charge in [-0.05, 0) is 45.0 Å². The molecule has 0 aromatic heterocycles. The van der Waals surface area contributed by atoms with E-state index >= 15 is 0 Å². The van der Waals surface area contributed by atoms with E-state index < -0.39 is 0 Å². The third kappa shape index (κ3) is 2.60. The minimum absolute atomic E-state index is 0.0874. The fraction of sp³-hybridized carbons (Fsp3) is 0.529. The summed E-state index contributed by atoms with van der Waals surface area (Å²) in [6, 6.07) is 5.77. The molecule has 0 saturated carbocycles. The van der Waals surface area contributed by atoms with Crippen LogP contribution in [0.3, 0.4) is 0 Å². The first kappa shape index (κ1) is 14.3. The van der Waals surface area contributed by atoms with Gasteiger partial charge in [0.05, 0.1) is 0 Å². The van der Waals surface area contributed by atoms with Gasteiger partial charge in [-0.15, -0.1) is 0 Å². The molecule has 1 aromatic rings. The van der Waals surface area contributed by atoms with Gasteiger partial charge in [0.25, 0.3) is 5.91 Å². The quantitative estimate of drug-likeness (QED) is 0.792. The van der Waals surface area contributed by atoms with Gasteiger partial charge in [-0.2, -0.15) is 0 Å². The second-order valence-electron chi connectivity index (χ2n) is 6.22. The molecular formula is C17H22N2O2. The lowest BCUT2D eigenvalue weighted by Crippen LogP contribution is -2.42. The van der Waals surface area contributed by atoms with Crippen molar-refractivity contribution in [3.63, 3.8) is 0 Å². The Morgan fingerprint density at radius 3 is 2.86 bits per heavy atom. The van der Waals surface area contributed by atoms with E-state index in [1.165, 1.54) is 0 Å². The van der Waals surface area contributed by atoms with E-state index in [9.17, 15) is 9.59 Å². The van der Waals surface area contributed by atoms with Crippen LogP contribution in [0.4, 0.5) is 0 Å². The number of amides is 1. The van der Waals surface area contributed by atoms with Gasteiger partial charge in [0.15, 0.2) is 5.78 Å². The van der Waals surface area contributed by atoms with Gasteiger partial charge in [-0.1, -0.05) is 12.1 Å². The number of carbonyl (C=O) groups is 2. The minimum Gasteiger partial charge on any atom is -0.335 e. The largest absolute Gasteiger partial charge is 0.335 e. The predicted octanol–water partition coefficient (Wildman–Crippen LogP) is 1.98. The molecule has 2 aliphatic rings. The van der Waals surface area contributed by atoms with Crippen LogP contribution in [0, 0.1) is 0 Å². The van der Waals surface area contributed by atoms with Gasteiger partial charge >= 0.3 is 0 Å². The first-order valence-corrected chi connectivity index (χ1v) is 7.72. The minimum atomic E-state index is 0.0874. The molecule has 1 aliphatic carbocycles. The Labute approximate surface area is 125 Å². The normalized spacial score (nSPS) is 23.0. The lowest BCUT2D eigenvalue weighted by Gasteiger charge is -2.28. The lowest BCUT2D eigenvalue weighted by atomic mass is 10.0. The first-order valence-electron chi connectivity index (χ1n) is 7.72. The first-order chi connectivity index (χ1) is 10.1. The number of ketones is 1. The highest BCUT2D eigenvalue weighted by molar-refractivity contribution is 6.05. The average molecular weight is 286 g/mol. The molecule has 112 valence electrons. The van der Waals surface area contributed by atoms with E-state index in [2.05, 4.69) is 18.9 Å². The number of benzene rings is 1. The van der Waals surface area contributed by atoms with Crippen LogP contribution >= 0.6 is 0 Å². The average Bonchev–Trinajstić information content (AvgIpc) is 2.75. The highest BCUT2D eigenvalue weighted by atomic mass is 16.2. The van der Waals surface area contributed by atoms with E-state index in [0.29, 0.717) is 12.8 Å². The van der Waals surface area contributed by atoms with Crippen molar-refractivity contribution in [3.8, 4) is 0 Å². The molecule has 1 unspecified atom stereocenters. The molecule has 0 bridgehead atoms. The Morgan fingerprint density at radius 1 is 1.24 bits per heavy atom. The summed E-state index contributed by atoms with van der Waals surface area (Å²) < 4.78 is 0. The molecule has 0 spiro atoms. The van der Waals surface area contributed by atoms with E-state index in [1.807, 2.05) is 23.1 Å². The Balaban J connectivity index is 1.90. The molecule has 1 aromatic carbocycles. The van der Waals surface area contributed by atoms with Crippen LogP contribution in [0.25, 0.3) is 0 Å². The highest BCUT2D eigenvalue weighted by Crippen LogP contribution is 2.27. The van der Waals surface area contributed by atoms with Crippen molar-refractivity contribution in [2.75, 3.05) is 26.7 Å². The van der Waals surface area contributed by atoms with Crippen molar-refractivity contribution in [2.45, 2.75) is 32.2 Å². The fourth-order valence-electron chi connectivity index (χ4n) is 3.52. The monoisotopic (exact) mass is 286 g/mol. The maximum absolute atomic E-state index is 12.9. The van der Waals surface area contributed by atoms with Gasteiger partial charge < -0.3 is 9.80 Å². The van der Waals surface area contributed by atoms with Crippen LogP contribution in [-0.4, -0.2) is 54.2 Å². The summed E-state index contributed by atoms with van der Waals surface area (Å²) in [5.74, 6) is 0.257. The molecule has 1 aliphatic heterocycles. The number of hydrogen-bond donors (Lipinski definition) is 0. The summed E-state index contributed by atoms with van der Waals surface area (Å²) in [6.45, 7) is 4.83. The summed E-state index contributed by atoms with van der Waals surface area (Å²) in [5, 5.41) is 0. The lowest BCUT2D eigenvalue weighted by molar-refractivity contribution is 0.0695. The van der Waals surface area contributed by atoms with Gasteiger partial charge in [0, 0.05) is 36.7 Å². The molecule has 1 saturated heterocycles. The molecule has 0 N–H and O–H groups in total. The molecule has 1 heterocycles. The summed E-state index contributed by atoms with van der Waals surface area (Å²) in [4.78, 5) is 29.0. The Hall–Kier alpha value is -1.68. The maximum Gasteiger partial charge on any atom is 0.254 e. The zero-order chi connectivity index (χ0) is 15.0. The Morgan fingerprint density at radius 2 is 2.05 bits per heavy atom. The summed E-state index contributed by atoms with van der Waals surface area (Å²) in [6.07, 6.45) is 2.25. The van der Waals surface area contributed by atoms with Gasteiger partial charge in [0.1, 0.15) is 0 Å². The fourth-order valence-corrected chi connectivity index (χ4v) is 3.52. The van der Waals surface area contributed by atoms with Crippen LogP contribution in [0.1, 0.15) is 46.0 Å². The number of carbonyl (C=O) groups excluding carboxylic acids is 2.